The lowest BCUT2D eigenvalue weighted by Gasteiger charge is -2.46. The minimum atomic E-state index is -1.30. The molecule has 1 fully saturated rings. The fourth-order valence-corrected chi connectivity index (χ4v) is 2.90. The standard InChI is InChI=1S/C16H18N2O6/c1-2-23-16(14(20)21)9-17(10-16)13(19)7-8-18-11-5-3-4-6-12(11)24-15(18)22/h3-6H,2,7-10H2,1H3,(H,20,21). The van der Waals surface area contributed by atoms with Gasteiger partial charge in [-0.2, -0.15) is 0 Å². The van der Waals surface area contributed by atoms with Crippen LogP contribution >= 0.6 is 0 Å². The molecule has 0 bridgehead atoms. The van der Waals surface area contributed by atoms with Gasteiger partial charge in [0.1, 0.15) is 0 Å². The summed E-state index contributed by atoms with van der Waals surface area (Å²) in [6, 6.07) is 6.99. The lowest BCUT2D eigenvalue weighted by molar-refractivity contribution is -0.193. The Kier molecular flexibility index (Phi) is 4.15. The maximum absolute atomic E-state index is 12.2. The average Bonchev–Trinajstić information content (AvgIpc) is 2.83. The summed E-state index contributed by atoms with van der Waals surface area (Å²) in [4.78, 5) is 36.8. The number of carboxylic acid groups (broad SMARTS) is 1. The van der Waals surface area contributed by atoms with E-state index in [1.807, 2.05) is 0 Å². The van der Waals surface area contributed by atoms with Crippen molar-refractivity contribution in [2.75, 3.05) is 19.7 Å². The topological polar surface area (TPSA) is 102 Å². The molecule has 0 spiro atoms. The van der Waals surface area contributed by atoms with E-state index in [4.69, 9.17) is 9.15 Å². The number of nitrogens with zero attached hydrogens (tertiary/aromatic N) is 2. The van der Waals surface area contributed by atoms with E-state index in [1.54, 1.807) is 31.2 Å². The summed E-state index contributed by atoms with van der Waals surface area (Å²) in [5, 5.41) is 9.23. The summed E-state index contributed by atoms with van der Waals surface area (Å²) in [5.41, 5.74) is -0.197. The van der Waals surface area contributed by atoms with E-state index >= 15 is 0 Å². The number of oxazole rings is 1. The van der Waals surface area contributed by atoms with Crippen molar-refractivity contribution in [3.8, 4) is 0 Å². The van der Waals surface area contributed by atoms with Crippen LogP contribution in [0.15, 0.2) is 33.5 Å². The normalized spacial score (nSPS) is 16.1. The molecule has 1 aliphatic heterocycles. The number of hydrogen-bond acceptors (Lipinski definition) is 5. The van der Waals surface area contributed by atoms with Gasteiger partial charge in [-0.3, -0.25) is 9.36 Å². The third-order valence-electron chi connectivity index (χ3n) is 4.18. The summed E-state index contributed by atoms with van der Waals surface area (Å²) < 4.78 is 11.8. The zero-order valence-corrected chi connectivity index (χ0v) is 13.2. The molecule has 0 saturated carbocycles. The molecule has 1 aromatic carbocycles. The van der Waals surface area contributed by atoms with Crippen LogP contribution in [0.5, 0.6) is 0 Å². The maximum Gasteiger partial charge on any atom is 0.419 e. The molecule has 1 amide bonds. The third-order valence-corrected chi connectivity index (χ3v) is 4.18. The number of aryl methyl sites for hydroxylation is 1. The molecule has 2 aromatic rings. The van der Waals surface area contributed by atoms with Crippen molar-refractivity contribution in [1.29, 1.82) is 0 Å². The molecule has 0 aliphatic carbocycles. The van der Waals surface area contributed by atoms with Crippen LogP contribution in [0.4, 0.5) is 0 Å². The zero-order chi connectivity index (χ0) is 17.3. The van der Waals surface area contributed by atoms with E-state index in [9.17, 15) is 19.5 Å². The second-order valence-electron chi connectivity index (χ2n) is 5.72. The Bertz CT molecular complexity index is 830. The van der Waals surface area contributed by atoms with Crippen molar-refractivity contribution in [3.63, 3.8) is 0 Å². The van der Waals surface area contributed by atoms with Gasteiger partial charge in [-0.05, 0) is 19.1 Å². The Morgan fingerprint density at radius 3 is 2.71 bits per heavy atom. The number of rotatable bonds is 6. The number of amides is 1. The van der Waals surface area contributed by atoms with Crippen molar-refractivity contribution < 1.29 is 23.8 Å². The van der Waals surface area contributed by atoms with Crippen LogP contribution in [0.1, 0.15) is 13.3 Å². The number of hydrogen-bond donors (Lipinski definition) is 1. The molecule has 8 nitrogen and oxygen atoms in total. The minimum Gasteiger partial charge on any atom is -0.479 e. The van der Waals surface area contributed by atoms with E-state index in [2.05, 4.69) is 0 Å². The number of carboxylic acids is 1. The van der Waals surface area contributed by atoms with Crippen LogP contribution in [0.3, 0.4) is 0 Å². The first-order valence-corrected chi connectivity index (χ1v) is 7.70. The Morgan fingerprint density at radius 1 is 1.33 bits per heavy atom. The third kappa shape index (κ3) is 2.69. The highest BCUT2D eigenvalue weighted by Gasteiger charge is 2.52. The molecule has 8 heteroatoms. The highest BCUT2D eigenvalue weighted by Crippen LogP contribution is 2.26. The van der Waals surface area contributed by atoms with E-state index < -0.39 is 17.3 Å². The lowest BCUT2D eigenvalue weighted by Crippen LogP contribution is -2.68. The fourth-order valence-electron chi connectivity index (χ4n) is 2.90. The second-order valence-corrected chi connectivity index (χ2v) is 5.72. The SMILES string of the molecule is CCOC1(C(=O)O)CN(C(=O)CCn2c(=O)oc3ccccc32)C1. The van der Waals surface area contributed by atoms with Crippen molar-refractivity contribution in [3.05, 3.63) is 34.8 Å². The van der Waals surface area contributed by atoms with Crippen LogP contribution in [0.25, 0.3) is 11.1 Å². The van der Waals surface area contributed by atoms with Crippen molar-refractivity contribution >= 4 is 23.0 Å². The van der Waals surface area contributed by atoms with Crippen molar-refractivity contribution in [2.45, 2.75) is 25.5 Å². The highest BCUT2D eigenvalue weighted by molar-refractivity contribution is 5.85. The highest BCUT2D eigenvalue weighted by atomic mass is 16.5. The Labute approximate surface area is 137 Å². The van der Waals surface area contributed by atoms with Crippen LogP contribution in [-0.2, 0) is 20.9 Å². The first-order valence-electron chi connectivity index (χ1n) is 7.70. The number of ether oxygens (including phenoxy) is 1. The van der Waals surface area contributed by atoms with Gasteiger partial charge in [0.15, 0.2) is 11.2 Å². The number of benzene rings is 1. The van der Waals surface area contributed by atoms with Gasteiger partial charge < -0.3 is 19.2 Å². The monoisotopic (exact) mass is 334 g/mol. The van der Waals surface area contributed by atoms with Gasteiger partial charge in [-0.25, -0.2) is 9.59 Å². The predicted molar refractivity (Wildman–Crippen MR) is 83.7 cm³/mol. The first-order chi connectivity index (χ1) is 11.5. The van der Waals surface area contributed by atoms with Crippen LogP contribution < -0.4 is 5.76 Å². The van der Waals surface area contributed by atoms with Crippen molar-refractivity contribution in [2.24, 2.45) is 0 Å². The number of para-hydroxylation sites is 2. The number of carbonyl (C=O) groups is 2. The predicted octanol–water partition coefficient (Wildman–Crippen LogP) is 0.687. The molecule has 2 heterocycles. The molecular formula is C16H18N2O6. The molecule has 1 saturated heterocycles. The largest absolute Gasteiger partial charge is 0.479 e. The van der Waals surface area contributed by atoms with Crippen molar-refractivity contribution in [1.82, 2.24) is 9.47 Å². The van der Waals surface area contributed by atoms with Gasteiger partial charge in [-0.15, -0.1) is 0 Å². The molecule has 128 valence electrons. The lowest BCUT2D eigenvalue weighted by atomic mass is 9.93. The maximum atomic E-state index is 12.2. The molecule has 1 aliphatic rings. The summed E-state index contributed by atoms with van der Waals surface area (Å²) in [5.74, 6) is -1.80. The number of likely N-dealkylation sites (tertiary alicyclic amines) is 1. The van der Waals surface area contributed by atoms with Crippen LogP contribution in [0.2, 0.25) is 0 Å². The second kappa shape index (κ2) is 6.12. The van der Waals surface area contributed by atoms with Gasteiger partial charge in [0.2, 0.25) is 5.91 Å². The van der Waals surface area contributed by atoms with E-state index in [0.29, 0.717) is 11.1 Å². The van der Waals surface area contributed by atoms with E-state index in [1.165, 1.54) is 9.47 Å². The number of carbonyl (C=O) groups excluding carboxylic acids is 1. The van der Waals surface area contributed by atoms with E-state index in [0.717, 1.165) is 0 Å². The first kappa shape index (κ1) is 16.3. The molecule has 0 radical (unpaired) electrons. The Hall–Kier alpha value is -2.61. The van der Waals surface area contributed by atoms with Gasteiger partial charge in [-0.1, -0.05) is 12.1 Å². The van der Waals surface area contributed by atoms with Gasteiger partial charge in [0.05, 0.1) is 18.6 Å². The molecular weight excluding hydrogens is 316 g/mol. The number of aromatic nitrogens is 1. The number of aliphatic carboxylic acids is 1. The van der Waals surface area contributed by atoms with Gasteiger partial charge >= 0.3 is 11.7 Å². The van der Waals surface area contributed by atoms with Crippen LogP contribution in [0, 0.1) is 0 Å². The molecule has 1 aromatic heterocycles. The number of fused-ring (bicyclic) bond motifs is 1. The summed E-state index contributed by atoms with van der Waals surface area (Å²) in [7, 11) is 0. The van der Waals surface area contributed by atoms with Crippen LogP contribution in [-0.4, -0.2) is 51.7 Å². The Balaban J connectivity index is 1.64. The zero-order valence-electron chi connectivity index (χ0n) is 13.2. The summed E-state index contributed by atoms with van der Waals surface area (Å²) in [6.45, 7) is 2.21. The molecule has 1 N–H and O–H groups in total. The molecule has 24 heavy (non-hydrogen) atoms. The molecule has 0 unspecified atom stereocenters. The molecule has 3 rings (SSSR count). The fraction of sp³-hybridized carbons (Fsp3) is 0.438. The summed E-state index contributed by atoms with van der Waals surface area (Å²) in [6.07, 6.45) is 0.0885. The smallest absolute Gasteiger partial charge is 0.419 e. The van der Waals surface area contributed by atoms with Gasteiger partial charge in [0.25, 0.3) is 0 Å². The quantitative estimate of drug-likeness (QED) is 0.834. The Morgan fingerprint density at radius 2 is 2.04 bits per heavy atom. The van der Waals surface area contributed by atoms with Gasteiger partial charge in [0, 0.05) is 19.6 Å². The van der Waals surface area contributed by atoms with E-state index in [-0.39, 0.29) is 38.6 Å². The summed E-state index contributed by atoms with van der Waals surface area (Å²) >= 11 is 0. The minimum absolute atomic E-state index is 0.0238. The average molecular weight is 334 g/mol. The molecule has 0 atom stereocenters.